The van der Waals surface area contributed by atoms with Gasteiger partial charge < -0.3 is 19.5 Å². The molecule has 1 saturated heterocycles. The van der Waals surface area contributed by atoms with Crippen molar-refractivity contribution in [1.29, 1.82) is 0 Å². The van der Waals surface area contributed by atoms with Crippen LogP contribution in [0.1, 0.15) is 30.9 Å². The maximum Gasteiger partial charge on any atom is 0.162 e. The molecule has 0 radical (unpaired) electrons. The van der Waals surface area contributed by atoms with Gasteiger partial charge in [0.2, 0.25) is 0 Å². The lowest BCUT2D eigenvalue weighted by Gasteiger charge is -2.24. The smallest absolute Gasteiger partial charge is 0.162 e. The van der Waals surface area contributed by atoms with Crippen LogP contribution in [0.3, 0.4) is 0 Å². The SMILES string of the molecule is CNC(CC1CCCO1)c1cc2c(cc1Cl)OCCO2. The van der Waals surface area contributed by atoms with E-state index in [1.165, 1.54) is 0 Å². The molecule has 1 fully saturated rings. The summed E-state index contributed by atoms with van der Waals surface area (Å²) in [6.07, 6.45) is 3.52. The van der Waals surface area contributed by atoms with Crippen LogP contribution in [0.25, 0.3) is 0 Å². The summed E-state index contributed by atoms with van der Waals surface area (Å²) in [5.41, 5.74) is 1.05. The summed E-state index contributed by atoms with van der Waals surface area (Å²) in [7, 11) is 1.95. The molecule has 20 heavy (non-hydrogen) atoms. The highest BCUT2D eigenvalue weighted by Crippen LogP contribution is 2.39. The number of benzene rings is 1. The van der Waals surface area contributed by atoms with E-state index in [-0.39, 0.29) is 6.04 Å². The minimum absolute atomic E-state index is 0.168. The zero-order chi connectivity index (χ0) is 13.9. The van der Waals surface area contributed by atoms with Crippen LogP contribution in [0.5, 0.6) is 11.5 Å². The summed E-state index contributed by atoms with van der Waals surface area (Å²) in [6, 6.07) is 4.01. The number of ether oxygens (including phenoxy) is 3. The molecular formula is C15H20ClNO3. The maximum atomic E-state index is 6.40. The predicted octanol–water partition coefficient (Wildman–Crippen LogP) is 2.94. The Kier molecular flexibility index (Phi) is 4.34. The fraction of sp³-hybridized carbons (Fsp3) is 0.600. The number of fused-ring (bicyclic) bond motifs is 1. The number of halogens is 1. The van der Waals surface area contributed by atoms with Crippen LogP contribution in [0.2, 0.25) is 5.02 Å². The Morgan fingerprint density at radius 2 is 2.00 bits per heavy atom. The van der Waals surface area contributed by atoms with Crippen LogP contribution >= 0.6 is 11.6 Å². The lowest BCUT2D eigenvalue weighted by molar-refractivity contribution is 0.0953. The van der Waals surface area contributed by atoms with E-state index in [1.54, 1.807) is 0 Å². The van der Waals surface area contributed by atoms with Crippen LogP contribution in [0.15, 0.2) is 12.1 Å². The number of rotatable bonds is 4. The van der Waals surface area contributed by atoms with Crippen molar-refractivity contribution in [3.8, 4) is 11.5 Å². The molecule has 0 spiro atoms. The van der Waals surface area contributed by atoms with E-state index in [9.17, 15) is 0 Å². The molecule has 0 saturated carbocycles. The molecule has 4 nitrogen and oxygen atoms in total. The largest absolute Gasteiger partial charge is 0.486 e. The molecule has 2 unspecified atom stereocenters. The summed E-state index contributed by atoms with van der Waals surface area (Å²) < 4.78 is 16.9. The van der Waals surface area contributed by atoms with Crippen molar-refractivity contribution < 1.29 is 14.2 Å². The zero-order valence-electron chi connectivity index (χ0n) is 11.7. The predicted molar refractivity (Wildman–Crippen MR) is 77.8 cm³/mol. The third-order valence-corrected chi connectivity index (χ3v) is 4.24. The molecular weight excluding hydrogens is 278 g/mol. The van der Waals surface area contributed by atoms with Gasteiger partial charge in [-0.3, -0.25) is 0 Å². The van der Waals surface area contributed by atoms with Crippen LogP contribution in [-0.2, 0) is 4.74 Å². The second kappa shape index (κ2) is 6.20. The Labute approximate surface area is 124 Å². The first kappa shape index (κ1) is 14.0. The Balaban J connectivity index is 1.82. The first-order chi connectivity index (χ1) is 9.78. The average Bonchev–Trinajstić information content (AvgIpc) is 2.97. The van der Waals surface area contributed by atoms with Crippen molar-refractivity contribution in [3.63, 3.8) is 0 Å². The van der Waals surface area contributed by atoms with Gasteiger partial charge in [-0.15, -0.1) is 0 Å². The molecule has 1 aromatic carbocycles. The molecule has 0 amide bonds. The van der Waals surface area contributed by atoms with E-state index in [2.05, 4.69) is 5.32 Å². The van der Waals surface area contributed by atoms with Crippen LogP contribution in [0, 0.1) is 0 Å². The van der Waals surface area contributed by atoms with E-state index in [0.29, 0.717) is 24.3 Å². The molecule has 3 rings (SSSR count). The van der Waals surface area contributed by atoms with Crippen LogP contribution in [-0.4, -0.2) is 33.0 Å². The van der Waals surface area contributed by atoms with Crippen LogP contribution in [0.4, 0.5) is 0 Å². The lowest BCUT2D eigenvalue weighted by atomic mass is 9.98. The van der Waals surface area contributed by atoms with Crippen molar-refractivity contribution in [3.05, 3.63) is 22.7 Å². The maximum absolute atomic E-state index is 6.40. The molecule has 5 heteroatoms. The molecule has 2 heterocycles. The van der Waals surface area contributed by atoms with Gasteiger partial charge in [-0.05, 0) is 37.9 Å². The summed E-state index contributed by atoms with van der Waals surface area (Å²) >= 11 is 6.40. The number of nitrogens with one attached hydrogen (secondary N) is 1. The summed E-state index contributed by atoms with van der Waals surface area (Å²) in [4.78, 5) is 0. The van der Waals surface area contributed by atoms with Crippen molar-refractivity contribution in [2.75, 3.05) is 26.9 Å². The summed E-state index contributed by atoms with van der Waals surface area (Å²) in [6.45, 7) is 2.04. The van der Waals surface area contributed by atoms with Gasteiger partial charge in [0.05, 0.1) is 6.10 Å². The molecule has 110 valence electrons. The minimum atomic E-state index is 0.168. The zero-order valence-corrected chi connectivity index (χ0v) is 12.4. The molecule has 0 aliphatic carbocycles. The van der Waals surface area contributed by atoms with Crippen molar-refractivity contribution in [2.45, 2.75) is 31.4 Å². The highest BCUT2D eigenvalue weighted by Gasteiger charge is 2.24. The highest BCUT2D eigenvalue weighted by atomic mass is 35.5. The number of hydrogen-bond acceptors (Lipinski definition) is 4. The topological polar surface area (TPSA) is 39.7 Å². The van der Waals surface area contributed by atoms with Crippen LogP contribution < -0.4 is 14.8 Å². The quantitative estimate of drug-likeness (QED) is 0.927. The summed E-state index contributed by atoms with van der Waals surface area (Å²) in [5, 5.41) is 4.05. The molecule has 2 aliphatic rings. The van der Waals surface area contributed by atoms with E-state index in [4.69, 9.17) is 25.8 Å². The monoisotopic (exact) mass is 297 g/mol. The first-order valence-electron chi connectivity index (χ1n) is 7.16. The molecule has 2 atom stereocenters. The minimum Gasteiger partial charge on any atom is -0.486 e. The molecule has 1 aromatic rings. The van der Waals surface area contributed by atoms with Gasteiger partial charge in [0.1, 0.15) is 13.2 Å². The van der Waals surface area contributed by atoms with Gasteiger partial charge in [-0.1, -0.05) is 11.6 Å². The first-order valence-corrected chi connectivity index (χ1v) is 7.53. The Bertz CT molecular complexity index is 474. The van der Waals surface area contributed by atoms with E-state index < -0.39 is 0 Å². The molecule has 2 aliphatic heterocycles. The Morgan fingerprint density at radius 1 is 1.25 bits per heavy atom. The normalized spacial score (nSPS) is 22.8. The highest BCUT2D eigenvalue weighted by molar-refractivity contribution is 6.31. The van der Waals surface area contributed by atoms with Gasteiger partial charge in [0, 0.05) is 23.7 Å². The van der Waals surface area contributed by atoms with Gasteiger partial charge in [-0.2, -0.15) is 0 Å². The van der Waals surface area contributed by atoms with Gasteiger partial charge >= 0.3 is 0 Å². The third kappa shape index (κ3) is 2.87. The van der Waals surface area contributed by atoms with E-state index >= 15 is 0 Å². The standard InChI is InChI=1S/C15H20ClNO3/c1-17-13(7-10-3-2-4-18-10)11-8-14-15(9-12(11)16)20-6-5-19-14/h8-10,13,17H,2-7H2,1H3. The van der Waals surface area contributed by atoms with Gasteiger partial charge in [-0.25, -0.2) is 0 Å². The fourth-order valence-corrected chi connectivity index (χ4v) is 3.13. The number of hydrogen-bond donors (Lipinski definition) is 1. The fourth-order valence-electron chi connectivity index (χ4n) is 2.84. The van der Waals surface area contributed by atoms with Crippen molar-refractivity contribution in [2.24, 2.45) is 0 Å². The van der Waals surface area contributed by atoms with Crippen molar-refractivity contribution >= 4 is 11.6 Å². The average molecular weight is 298 g/mol. The molecule has 0 bridgehead atoms. The second-order valence-corrected chi connectivity index (χ2v) is 5.64. The van der Waals surface area contributed by atoms with E-state index in [0.717, 1.165) is 42.9 Å². The summed E-state index contributed by atoms with van der Waals surface area (Å²) in [5.74, 6) is 1.51. The Hall–Kier alpha value is -0.970. The molecule has 1 N–H and O–H groups in total. The lowest BCUT2D eigenvalue weighted by Crippen LogP contribution is -2.23. The Morgan fingerprint density at radius 3 is 2.65 bits per heavy atom. The third-order valence-electron chi connectivity index (χ3n) is 3.91. The van der Waals surface area contributed by atoms with Crippen molar-refractivity contribution in [1.82, 2.24) is 5.32 Å². The second-order valence-electron chi connectivity index (χ2n) is 5.23. The van der Waals surface area contributed by atoms with E-state index in [1.807, 2.05) is 19.2 Å². The molecule has 0 aromatic heterocycles. The van der Waals surface area contributed by atoms with Gasteiger partial charge in [0.15, 0.2) is 11.5 Å². The van der Waals surface area contributed by atoms with Gasteiger partial charge in [0.25, 0.3) is 0 Å².